The van der Waals surface area contributed by atoms with Crippen LogP contribution in [0.4, 0.5) is 5.69 Å². The molecule has 0 saturated carbocycles. The lowest BCUT2D eigenvalue weighted by Crippen LogP contribution is -2.03. The Bertz CT molecular complexity index is 927. The van der Waals surface area contributed by atoms with Gasteiger partial charge in [-0.2, -0.15) is 5.10 Å². The van der Waals surface area contributed by atoms with Crippen LogP contribution in [0.1, 0.15) is 11.3 Å². The molecule has 0 bridgehead atoms. The van der Waals surface area contributed by atoms with Crippen LogP contribution in [0.2, 0.25) is 0 Å². The Kier molecular flexibility index (Phi) is 4.24. The molecule has 2 heterocycles. The standard InChI is InChI=1S/C19H18N6/c1-2-7-19(8-3-1)25-10-9-18(23-25)12-20-17-6-4-5-16(11-17)13-24-14-21-22-15-24/h1-11,14-15,20H,12-13H2. The van der Waals surface area contributed by atoms with Gasteiger partial charge in [-0.3, -0.25) is 0 Å². The molecule has 0 saturated heterocycles. The molecule has 6 nitrogen and oxygen atoms in total. The first-order valence-electron chi connectivity index (χ1n) is 8.12. The highest BCUT2D eigenvalue weighted by Gasteiger charge is 2.02. The maximum Gasteiger partial charge on any atom is 0.119 e. The minimum Gasteiger partial charge on any atom is -0.379 e. The molecule has 25 heavy (non-hydrogen) atoms. The molecule has 0 aliphatic carbocycles. The van der Waals surface area contributed by atoms with Gasteiger partial charge in [-0.15, -0.1) is 10.2 Å². The summed E-state index contributed by atoms with van der Waals surface area (Å²) in [4.78, 5) is 0. The van der Waals surface area contributed by atoms with Crippen LogP contribution in [0.15, 0.2) is 79.5 Å². The molecule has 6 heteroatoms. The van der Waals surface area contributed by atoms with E-state index in [9.17, 15) is 0 Å². The van der Waals surface area contributed by atoms with Crippen LogP contribution in [-0.2, 0) is 13.1 Å². The van der Waals surface area contributed by atoms with Crippen LogP contribution in [0.5, 0.6) is 0 Å². The molecule has 4 rings (SSSR count). The molecule has 0 spiro atoms. The van der Waals surface area contributed by atoms with Crippen molar-refractivity contribution in [1.82, 2.24) is 24.5 Å². The van der Waals surface area contributed by atoms with Crippen LogP contribution in [0, 0.1) is 0 Å². The van der Waals surface area contributed by atoms with Crippen molar-refractivity contribution < 1.29 is 0 Å². The topological polar surface area (TPSA) is 60.6 Å². The first-order valence-corrected chi connectivity index (χ1v) is 8.12. The third-order valence-corrected chi connectivity index (χ3v) is 3.90. The van der Waals surface area contributed by atoms with Crippen molar-refractivity contribution in [2.45, 2.75) is 13.1 Å². The van der Waals surface area contributed by atoms with E-state index in [0.717, 1.165) is 23.6 Å². The summed E-state index contributed by atoms with van der Waals surface area (Å²) >= 11 is 0. The maximum absolute atomic E-state index is 4.61. The largest absolute Gasteiger partial charge is 0.379 e. The van der Waals surface area contributed by atoms with Gasteiger partial charge in [-0.25, -0.2) is 4.68 Å². The summed E-state index contributed by atoms with van der Waals surface area (Å²) in [6.45, 7) is 1.43. The maximum atomic E-state index is 4.61. The van der Waals surface area contributed by atoms with E-state index in [-0.39, 0.29) is 0 Å². The Morgan fingerprint density at radius 2 is 1.72 bits per heavy atom. The van der Waals surface area contributed by atoms with Gasteiger partial charge in [0.05, 0.1) is 24.5 Å². The van der Waals surface area contributed by atoms with Gasteiger partial charge in [-0.1, -0.05) is 30.3 Å². The van der Waals surface area contributed by atoms with E-state index < -0.39 is 0 Å². The summed E-state index contributed by atoms with van der Waals surface area (Å²) in [6.07, 6.45) is 5.42. The van der Waals surface area contributed by atoms with E-state index in [1.807, 2.05) is 57.9 Å². The summed E-state index contributed by atoms with van der Waals surface area (Å²) < 4.78 is 3.83. The minimum atomic E-state index is 0.677. The van der Waals surface area contributed by atoms with E-state index in [0.29, 0.717) is 6.54 Å². The smallest absolute Gasteiger partial charge is 0.119 e. The van der Waals surface area contributed by atoms with Gasteiger partial charge in [0.1, 0.15) is 12.7 Å². The minimum absolute atomic E-state index is 0.677. The number of nitrogens with zero attached hydrogens (tertiary/aromatic N) is 5. The molecule has 0 aliphatic heterocycles. The van der Waals surface area contributed by atoms with Crippen molar-refractivity contribution in [3.05, 3.63) is 90.8 Å². The van der Waals surface area contributed by atoms with Crippen LogP contribution < -0.4 is 5.32 Å². The van der Waals surface area contributed by atoms with Crippen LogP contribution in [0.25, 0.3) is 5.69 Å². The number of para-hydroxylation sites is 1. The summed E-state index contributed by atoms with van der Waals surface area (Å²) in [5, 5.41) is 15.7. The zero-order valence-corrected chi connectivity index (χ0v) is 13.7. The second-order valence-corrected chi connectivity index (χ2v) is 5.78. The van der Waals surface area contributed by atoms with Gasteiger partial charge in [0.15, 0.2) is 0 Å². The summed E-state index contributed by atoms with van der Waals surface area (Å²) in [7, 11) is 0. The number of hydrogen-bond acceptors (Lipinski definition) is 4. The van der Waals surface area contributed by atoms with Gasteiger partial charge >= 0.3 is 0 Å². The highest BCUT2D eigenvalue weighted by molar-refractivity contribution is 5.46. The fourth-order valence-electron chi connectivity index (χ4n) is 2.67. The predicted molar refractivity (Wildman–Crippen MR) is 96.5 cm³/mol. The van der Waals surface area contributed by atoms with Gasteiger partial charge in [0, 0.05) is 11.9 Å². The third kappa shape index (κ3) is 3.74. The normalized spacial score (nSPS) is 10.7. The van der Waals surface area contributed by atoms with Crippen molar-refractivity contribution in [2.75, 3.05) is 5.32 Å². The number of nitrogens with one attached hydrogen (secondary N) is 1. The second kappa shape index (κ2) is 7.00. The molecule has 0 unspecified atom stereocenters. The van der Waals surface area contributed by atoms with Crippen LogP contribution in [-0.4, -0.2) is 24.5 Å². The molecule has 0 fully saturated rings. The SMILES string of the molecule is c1ccc(-n2ccc(CNc3cccc(Cn4cnnc4)c3)n2)cc1. The van der Waals surface area contributed by atoms with E-state index in [1.54, 1.807) is 12.7 Å². The molecule has 0 amide bonds. The molecule has 0 atom stereocenters. The van der Waals surface area contributed by atoms with E-state index in [4.69, 9.17) is 0 Å². The summed E-state index contributed by atoms with van der Waals surface area (Å²) in [5.74, 6) is 0. The number of hydrogen-bond donors (Lipinski definition) is 1. The van der Waals surface area contributed by atoms with E-state index in [1.165, 1.54) is 5.56 Å². The summed E-state index contributed by atoms with van der Waals surface area (Å²) in [6, 6.07) is 20.5. The Hall–Kier alpha value is -3.41. The highest BCUT2D eigenvalue weighted by atomic mass is 15.3. The number of benzene rings is 2. The lowest BCUT2D eigenvalue weighted by atomic mass is 10.2. The number of anilines is 1. The Labute approximate surface area is 145 Å². The Morgan fingerprint density at radius 3 is 2.56 bits per heavy atom. The first-order chi connectivity index (χ1) is 12.4. The van der Waals surface area contributed by atoms with Crippen molar-refractivity contribution in [3.63, 3.8) is 0 Å². The molecular weight excluding hydrogens is 312 g/mol. The van der Waals surface area contributed by atoms with Gasteiger partial charge in [0.25, 0.3) is 0 Å². The average Bonchev–Trinajstić information content (AvgIpc) is 3.33. The third-order valence-electron chi connectivity index (χ3n) is 3.90. The highest BCUT2D eigenvalue weighted by Crippen LogP contribution is 2.13. The lowest BCUT2D eigenvalue weighted by Gasteiger charge is -2.08. The zero-order valence-electron chi connectivity index (χ0n) is 13.7. The molecule has 124 valence electrons. The Balaban J connectivity index is 1.41. The molecular formula is C19H18N6. The van der Waals surface area contributed by atoms with Gasteiger partial charge < -0.3 is 9.88 Å². The molecule has 1 N–H and O–H groups in total. The van der Waals surface area contributed by atoms with E-state index in [2.05, 4.69) is 38.8 Å². The van der Waals surface area contributed by atoms with Crippen molar-refractivity contribution in [2.24, 2.45) is 0 Å². The molecule has 2 aromatic carbocycles. The summed E-state index contributed by atoms with van der Waals surface area (Å²) in [5.41, 5.74) is 4.32. The van der Waals surface area contributed by atoms with Crippen molar-refractivity contribution >= 4 is 5.69 Å². The van der Waals surface area contributed by atoms with Crippen molar-refractivity contribution in [3.8, 4) is 5.69 Å². The monoisotopic (exact) mass is 330 g/mol. The molecule has 2 aromatic heterocycles. The number of aromatic nitrogens is 5. The molecule has 4 aromatic rings. The zero-order chi connectivity index (χ0) is 16.9. The Morgan fingerprint density at radius 1 is 0.880 bits per heavy atom. The molecule has 0 aliphatic rings. The lowest BCUT2D eigenvalue weighted by molar-refractivity contribution is 0.794. The average molecular weight is 330 g/mol. The van der Waals surface area contributed by atoms with Crippen molar-refractivity contribution in [1.29, 1.82) is 0 Å². The second-order valence-electron chi connectivity index (χ2n) is 5.78. The van der Waals surface area contributed by atoms with E-state index >= 15 is 0 Å². The van der Waals surface area contributed by atoms with Gasteiger partial charge in [0.2, 0.25) is 0 Å². The van der Waals surface area contributed by atoms with Crippen LogP contribution in [0.3, 0.4) is 0 Å². The fourth-order valence-corrected chi connectivity index (χ4v) is 2.67. The fraction of sp³-hybridized carbons (Fsp3) is 0.105. The quantitative estimate of drug-likeness (QED) is 0.590. The first kappa shape index (κ1) is 15.1. The van der Waals surface area contributed by atoms with Crippen LogP contribution >= 0.6 is 0 Å². The van der Waals surface area contributed by atoms with Gasteiger partial charge in [-0.05, 0) is 35.9 Å². The number of rotatable bonds is 6. The predicted octanol–water partition coefficient (Wildman–Crippen LogP) is 3.12. The molecule has 0 radical (unpaired) electrons.